The van der Waals surface area contributed by atoms with Gasteiger partial charge in [-0.05, 0) is 31.0 Å². The first-order chi connectivity index (χ1) is 8.71. The number of hydrogen-bond donors (Lipinski definition) is 0. The fourth-order valence-corrected chi connectivity index (χ4v) is 3.05. The molecule has 1 aromatic carbocycles. The zero-order chi connectivity index (χ0) is 14.4. The molecule has 1 amide bonds. The maximum absolute atomic E-state index is 13.9. The van der Waals surface area contributed by atoms with E-state index in [-0.39, 0.29) is 5.69 Å². The number of benzene rings is 1. The molecule has 0 saturated carbocycles. The smallest absolute Gasteiger partial charge is 0.245 e. The molecule has 104 valence electrons. The second kappa shape index (κ2) is 4.86. The molecule has 1 aliphatic rings. The van der Waals surface area contributed by atoms with E-state index in [0.717, 1.165) is 6.26 Å². The first-order valence-corrected chi connectivity index (χ1v) is 8.44. The number of hydrogen-bond acceptors (Lipinski definition) is 3. The quantitative estimate of drug-likeness (QED) is 0.819. The van der Waals surface area contributed by atoms with Crippen LogP contribution in [-0.2, 0) is 21.1 Å². The van der Waals surface area contributed by atoms with E-state index >= 15 is 0 Å². The second-order valence-electron chi connectivity index (χ2n) is 4.61. The lowest BCUT2D eigenvalue weighted by Gasteiger charge is -2.21. The highest BCUT2D eigenvalue weighted by Crippen LogP contribution is 2.34. The van der Waals surface area contributed by atoms with E-state index in [0.29, 0.717) is 23.0 Å². The molecule has 0 aliphatic carbocycles. The Hall–Kier alpha value is -0.950. The van der Waals surface area contributed by atoms with Crippen molar-refractivity contribution < 1.29 is 17.6 Å². The molecule has 0 fully saturated rings. The van der Waals surface area contributed by atoms with Gasteiger partial charge in [-0.15, -0.1) is 0 Å². The van der Waals surface area contributed by atoms with Crippen molar-refractivity contribution in [3.63, 3.8) is 0 Å². The molecule has 0 N–H and O–H groups in total. The van der Waals surface area contributed by atoms with Crippen molar-refractivity contribution in [3.8, 4) is 0 Å². The van der Waals surface area contributed by atoms with Crippen molar-refractivity contribution in [2.75, 3.05) is 17.7 Å². The van der Waals surface area contributed by atoms with Crippen LogP contribution in [0.15, 0.2) is 16.6 Å². The summed E-state index contributed by atoms with van der Waals surface area (Å²) in [5, 5.41) is -1.17. The molecular weight excluding hydrogens is 337 g/mol. The molecule has 4 nitrogen and oxygen atoms in total. The van der Waals surface area contributed by atoms with E-state index in [9.17, 15) is 17.6 Å². The van der Waals surface area contributed by atoms with Crippen LogP contribution in [0.2, 0.25) is 0 Å². The van der Waals surface area contributed by atoms with Crippen LogP contribution in [0.3, 0.4) is 0 Å². The summed E-state index contributed by atoms with van der Waals surface area (Å²) < 4.78 is 37.4. The van der Waals surface area contributed by atoms with Crippen LogP contribution in [-0.4, -0.2) is 32.4 Å². The number of carbonyl (C=O) groups is 1. The van der Waals surface area contributed by atoms with Gasteiger partial charge in [0, 0.05) is 17.3 Å². The molecule has 0 aromatic heterocycles. The number of sulfone groups is 1. The van der Waals surface area contributed by atoms with Crippen molar-refractivity contribution in [2.45, 2.75) is 18.6 Å². The topological polar surface area (TPSA) is 54.5 Å². The number of fused-ring (bicyclic) bond motifs is 1. The lowest BCUT2D eigenvalue weighted by atomic mass is 10.1. The predicted octanol–water partition coefficient (Wildman–Crippen LogP) is 1.91. The van der Waals surface area contributed by atoms with Crippen molar-refractivity contribution in [2.24, 2.45) is 0 Å². The highest BCUT2D eigenvalue weighted by atomic mass is 79.9. The monoisotopic (exact) mass is 349 g/mol. The first-order valence-electron chi connectivity index (χ1n) is 5.70. The van der Waals surface area contributed by atoms with E-state index in [4.69, 9.17) is 0 Å². The van der Waals surface area contributed by atoms with Gasteiger partial charge in [0.05, 0.1) is 5.69 Å². The fourth-order valence-electron chi connectivity index (χ4n) is 2.08. The zero-order valence-electron chi connectivity index (χ0n) is 10.5. The summed E-state index contributed by atoms with van der Waals surface area (Å²) in [6.07, 6.45) is 1.53. The molecule has 0 bridgehead atoms. The first kappa shape index (κ1) is 14.5. The summed E-state index contributed by atoms with van der Waals surface area (Å²) in [5.74, 6) is -1.10. The molecule has 1 heterocycles. The molecule has 1 aliphatic heterocycles. The van der Waals surface area contributed by atoms with Crippen molar-refractivity contribution in [3.05, 3.63) is 28.0 Å². The van der Waals surface area contributed by atoms with Crippen molar-refractivity contribution in [1.29, 1.82) is 0 Å². The van der Waals surface area contributed by atoms with Gasteiger partial charge in [0.2, 0.25) is 5.91 Å². The van der Waals surface area contributed by atoms with E-state index in [1.165, 1.54) is 17.9 Å². The van der Waals surface area contributed by atoms with Crippen molar-refractivity contribution in [1.82, 2.24) is 0 Å². The molecule has 1 atom stereocenters. The molecule has 7 heteroatoms. The number of halogens is 2. The number of nitrogens with zero attached hydrogens (tertiary/aromatic N) is 1. The Morgan fingerprint density at radius 3 is 2.68 bits per heavy atom. The van der Waals surface area contributed by atoms with Crippen LogP contribution in [0.1, 0.15) is 12.5 Å². The number of carbonyl (C=O) groups excluding carboxylic acids is 1. The van der Waals surface area contributed by atoms with Crippen LogP contribution in [0.5, 0.6) is 0 Å². The minimum absolute atomic E-state index is 0.198. The number of rotatable bonds is 2. The van der Waals surface area contributed by atoms with E-state index in [1.54, 1.807) is 6.07 Å². The molecule has 2 rings (SSSR count). The Kier molecular flexibility index (Phi) is 3.70. The minimum atomic E-state index is -3.49. The van der Waals surface area contributed by atoms with E-state index in [1.807, 2.05) is 0 Å². The molecule has 1 aromatic rings. The summed E-state index contributed by atoms with van der Waals surface area (Å²) in [6.45, 7) is 1.63. The average Bonchev–Trinajstić information content (AvgIpc) is 2.69. The molecule has 0 saturated heterocycles. The Morgan fingerprint density at radius 2 is 2.11 bits per heavy atom. The van der Waals surface area contributed by atoms with Gasteiger partial charge >= 0.3 is 0 Å². The lowest BCUT2D eigenvalue weighted by Crippen LogP contribution is -2.40. The molecule has 0 spiro atoms. The summed E-state index contributed by atoms with van der Waals surface area (Å²) in [7, 11) is -3.49. The molecular formula is C12H13BrFNO3S. The Balaban J connectivity index is 2.41. The summed E-state index contributed by atoms with van der Waals surface area (Å²) in [6, 6.07) is 3.02. The third-order valence-corrected chi connectivity index (χ3v) is 5.18. The van der Waals surface area contributed by atoms with Gasteiger partial charge in [0.1, 0.15) is 11.1 Å². The van der Waals surface area contributed by atoms with Crippen LogP contribution in [0.25, 0.3) is 0 Å². The van der Waals surface area contributed by atoms with Gasteiger partial charge in [-0.25, -0.2) is 12.8 Å². The maximum atomic E-state index is 13.9. The zero-order valence-corrected chi connectivity index (χ0v) is 12.9. The van der Waals surface area contributed by atoms with E-state index in [2.05, 4.69) is 15.9 Å². The Labute approximate surface area is 119 Å². The lowest BCUT2D eigenvalue weighted by molar-refractivity contribution is -0.117. The summed E-state index contributed by atoms with van der Waals surface area (Å²) in [4.78, 5) is 13.4. The highest BCUT2D eigenvalue weighted by molar-refractivity contribution is 9.10. The van der Waals surface area contributed by atoms with Crippen LogP contribution in [0, 0.1) is 5.82 Å². The van der Waals surface area contributed by atoms with Crippen LogP contribution in [0.4, 0.5) is 10.1 Å². The second-order valence-corrected chi connectivity index (χ2v) is 7.89. The van der Waals surface area contributed by atoms with Gasteiger partial charge < -0.3 is 4.90 Å². The van der Waals surface area contributed by atoms with Gasteiger partial charge in [-0.3, -0.25) is 4.79 Å². The minimum Gasteiger partial charge on any atom is -0.308 e. The summed E-state index contributed by atoms with van der Waals surface area (Å²) >= 11 is 3.19. The molecule has 19 heavy (non-hydrogen) atoms. The maximum Gasteiger partial charge on any atom is 0.245 e. The molecule has 0 radical (unpaired) electrons. The van der Waals surface area contributed by atoms with Gasteiger partial charge in [0.25, 0.3) is 0 Å². The van der Waals surface area contributed by atoms with Crippen molar-refractivity contribution >= 4 is 37.4 Å². The number of anilines is 1. The standard InChI is InChI=1S/C12H13BrFNO3S/c1-7(19(2,17)18)12(16)15-4-3-8-5-9(13)6-10(14)11(8)15/h5-7H,3-4H2,1-2H3. The van der Waals surface area contributed by atoms with Crippen LogP contribution < -0.4 is 4.90 Å². The average molecular weight is 350 g/mol. The SMILES string of the molecule is CC(C(=O)N1CCc2cc(Br)cc(F)c21)S(C)(=O)=O. The number of amides is 1. The summed E-state index contributed by atoms with van der Waals surface area (Å²) in [5.41, 5.74) is 0.907. The van der Waals surface area contributed by atoms with Gasteiger partial charge in [-0.2, -0.15) is 0 Å². The van der Waals surface area contributed by atoms with Gasteiger partial charge in [0.15, 0.2) is 9.84 Å². The Bertz CT molecular complexity index is 645. The third-order valence-electron chi connectivity index (χ3n) is 3.24. The van der Waals surface area contributed by atoms with Crippen LogP contribution >= 0.6 is 15.9 Å². The van der Waals surface area contributed by atoms with Gasteiger partial charge in [-0.1, -0.05) is 15.9 Å². The predicted molar refractivity (Wildman–Crippen MR) is 74.5 cm³/mol. The largest absolute Gasteiger partial charge is 0.308 e. The van der Waals surface area contributed by atoms with E-state index < -0.39 is 26.8 Å². The third kappa shape index (κ3) is 2.67. The highest BCUT2D eigenvalue weighted by Gasteiger charge is 2.34. The normalized spacial score (nSPS) is 16.3. The Morgan fingerprint density at radius 1 is 1.47 bits per heavy atom. The molecule has 1 unspecified atom stereocenters. The fraction of sp³-hybridized carbons (Fsp3) is 0.417.